The number of nitrogens with zero attached hydrogens (tertiary/aromatic N) is 3. The lowest BCUT2D eigenvalue weighted by Crippen LogP contribution is -2.28. The zero-order valence-electron chi connectivity index (χ0n) is 11.8. The number of ether oxygens (including phenoxy) is 1. The van der Waals surface area contributed by atoms with E-state index in [2.05, 4.69) is 34.3 Å². The topological polar surface area (TPSA) is 29.8 Å². The Bertz CT molecular complexity index is 576. The van der Waals surface area contributed by atoms with Crippen molar-refractivity contribution < 1.29 is 4.74 Å². The quantitative estimate of drug-likeness (QED) is 0.848. The van der Waals surface area contributed by atoms with Crippen LogP contribution in [0.25, 0.3) is 5.52 Å². The first-order valence-electron chi connectivity index (χ1n) is 6.94. The van der Waals surface area contributed by atoms with Crippen molar-refractivity contribution in [3.8, 4) is 5.75 Å². The second-order valence-corrected chi connectivity index (χ2v) is 5.55. The minimum atomic E-state index is 0.540. The van der Waals surface area contributed by atoms with E-state index < -0.39 is 0 Å². The van der Waals surface area contributed by atoms with E-state index in [1.165, 1.54) is 18.8 Å². The first-order valence-corrected chi connectivity index (χ1v) is 6.94. The van der Waals surface area contributed by atoms with Crippen LogP contribution in [0.5, 0.6) is 5.75 Å². The van der Waals surface area contributed by atoms with Crippen molar-refractivity contribution >= 4 is 5.52 Å². The average molecular weight is 259 g/mol. The van der Waals surface area contributed by atoms with Crippen molar-refractivity contribution in [2.24, 2.45) is 0 Å². The van der Waals surface area contributed by atoms with Gasteiger partial charge in [-0.3, -0.25) is 0 Å². The Morgan fingerprint density at radius 3 is 2.95 bits per heavy atom. The number of hydrogen-bond donors (Lipinski definition) is 0. The van der Waals surface area contributed by atoms with Crippen LogP contribution in [0.3, 0.4) is 0 Å². The van der Waals surface area contributed by atoms with Gasteiger partial charge in [0.2, 0.25) is 0 Å². The van der Waals surface area contributed by atoms with Gasteiger partial charge < -0.3 is 14.0 Å². The van der Waals surface area contributed by atoms with Crippen LogP contribution >= 0.6 is 0 Å². The van der Waals surface area contributed by atoms with E-state index >= 15 is 0 Å². The highest BCUT2D eigenvalue weighted by Crippen LogP contribution is 2.28. The molecule has 4 nitrogen and oxygen atoms in total. The Hall–Kier alpha value is -1.55. The molecule has 1 atom stereocenters. The fourth-order valence-corrected chi connectivity index (χ4v) is 2.90. The van der Waals surface area contributed by atoms with E-state index in [9.17, 15) is 0 Å². The molecule has 1 aliphatic rings. The predicted octanol–water partition coefficient (Wildman–Crippen LogP) is 2.54. The largest absolute Gasteiger partial charge is 0.497 e. The van der Waals surface area contributed by atoms with E-state index in [0.717, 1.165) is 17.8 Å². The Kier molecular flexibility index (Phi) is 3.19. The zero-order chi connectivity index (χ0) is 13.4. The smallest absolute Gasteiger partial charge is 0.122 e. The SMILES string of the molecule is COc1ccn2c(C3CCN(C(C)C)C3)ncc2c1. The summed E-state index contributed by atoms with van der Waals surface area (Å²) in [6, 6.07) is 4.65. The molecule has 1 fully saturated rings. The summed E-state index contributed by atoms with van der Waals surface area (Å²) < 4.78 is 7.45. The molecule has 0 N–H and O–H groups in total. The highest BCUT2D eigenvalue weighted by Gasteiger charge is 2.28. The van der Waals surface area contributed by atoms with Crippen LogP contribution in [0.2, 0.25) is 0 Å². The Morgan fingerprint density at radius 1 is 1.42 bits per heavy atom. The molecule has 2 aromatic heterocycles. The molecule has 3 heterocycles. The Balaban J connectivity index is 1.90. The van der Waals surface area contributed by atoms with Gasteiger partial charge in [-0.15, -0.1) is 0 Å². The van der Waals surface area contributed by atoms with Gasteiger partial charge in [0.25, 0.3) is 0 Å². The lowest BCUT2D eigenvalue weighted by atomic mass is 10.1. The third kappa shape index (κ3) is 2.21. The molecule has 0 saturated carbocycles. The molecule has 1 aliphatic heterocycles. The molecular formula is C15H21N3O. The van der Waals surface area contributed by atoms with Gasteiger partial charge >= 0.3 is 0 Å². The molecule has 4 heteroatoms. The van der Waals surface area contributed by atoms with Gasteiger partial charge in [-0.2, -0.15) is 0 Å². The van der Waals surface area contributed by atoms with E-state index in [-0.39, 0.29) is 0 Å². The molecule has 0 radical (unpaired) electrons. The molecule has 1 unspecified atom stereocenters. The van der Waals surface area contributed by atoms with Crippen molar-refractivity contribution in [1.29, 1.82) is 0 Å². The second-order valence-electron chi connectivity index (χ2n) is 5.55. The van der Waals surface area contributed by atoms with E-state index in [1.54, 1.807) is 7.11 Å². The van der Waals surface area contributed by atoms with Crippen molar-refractivity contribution in [3.63, 3.8) is 0 Å². The zero-order valence-corrected chi connectivity index (χ0v) is 11.8. The van der Waals surface area contributed by atoms with Crippen LogP contribution in [0.15, 0.2) is 24.5 Å². The van der Waals surface area contributed by atoms with Gasteiger partial charge in [-0.05, 0) is 32.9 Å². The summed E-state index contributed by atoms with van der Waals surface area (Å²) in [5, 5.41) is 0. The standard InChI is InChI=1S/C15H21N3O/c1-11(2)17-6-4-12(10-17)15-16-9-13-8-14(19-3)5-7-18(13)15/h5,7-9,11-12H,4,6,10H2,1-3H3. The molecule has 0 aromatic carbocycles. The first kappa shape index (κ1) is 12.5. The van der Waals surface area contributed by atoms with Crippen molar-refractivity contribution in [1.82, 2.24) is 14.3 Å². The Labute approximate surface area is 114 Å². The normalized spacial score (nSPS) is 20.5. The molecule has 0 amide bonds. The van der Waals surface area contributed by atoms with Crippen LogP contribution < -0.4 is 4.74 Å². The monoisotopic (exact) mass is 259 g/mol. The van der Waals surface area contributed by atoms with Gasteiger partial charge in [0, 0.05) is 30.8 Å². The molecule has 0 aliphatic carbocycles. The second kappa shape index (κ2) is 4.85. The highest BCUT2D eigenvalue weighted by atomic mass is 16.5. The minimum Gasteiger partial charge on any atom is -0.497 e. The maximum Gasteiger partial charge on any atom is 0.122 e. The maximum absolute atomic E-state index is 5.26. The molecule has 0 spiro atoms. The molecule has 3 rings (SSSR count). The van der Waals surface area contributed by atoms with Gasteiger partial charge in [0.15, 0.2) is 0 Å². The summed E-state index contributed by atoms with van der Waals surface area (Å²) >= 11 is 0. The molecule has 2 aromatic rings. The van der Waals surface area contributed by atoms with Crippen LogP contribution in [0.1, 0.15) is 32.0 Å². The first-order chi connectivity index (χ1) is 9.19. The van der Waals surface area contributed by atoms with Crippen molar-refractivity contribution in [3.05, 3.63) is 30.4 Å². The molecule has 1 saturated heterocycles. The minimum absolute atomic E-state index is 0.540. The molecule has 0 bridgehead atoms. The van der Waals surface area contributed by atoms with Crippen LogP contribution in [-0.4, -0.2) is 40.5 Å². The highest BCUT2D eigenvalue weighted by molar-refractivity contribution is 5.51. The van der Waals surface area contributed by atoms with Crippen LogP contribution in [-0.2, 0) is 0 Å². The van der Waals surface area contributed by atoms with Crippen molar-refractivity contribution in [2.75, 3.05) is 20.2 Å². The summed E-state index contributed by atoms with van der Waals surface area (Å²) in [4.78, 5) is 7.15. The summed E-state index contributed by atoms with van der Waals surface area (Å²) in [5.41, 5.74) is 1.11. The maximum atomic E-state index is 5.26. The number of hydrogen-bond acceptors (Lipinski definition) is 3. The van der Waals surface area contributed by atoms with Gasteiger partial charge in [-0.1, -0.05) is 0 Å². The molecule has 102 valence electrons. The van der Waals surface area contributed by atoms with Crippen LogP contribution in [0, 0.1) is 0 Å². The summed E-state index contributed by atoms with van der Waals surface area (Å²) in [7, 11) is 1.70. The number of imidazole rings is 1. The van der Waals surface area contributed by atoms with E-state index in [1.807, 2.05) is 18.3 Å². The lowest BCUT2D eigenvalue weighted by Gasteiger charge is -2.19. The van der Waals surface area contributed by atoms with Crippen LogP contribution in [0.4, 0.5) is 0 Å². The number of rotatable bonds is 3. The van der Waals surface area contributed by atoms with Gasteiger partial charge in [-0.25, -0.2) is 4.98 Å². The summed E-state index contributed by atoms with van der Waals surface area (Å²) in [5.74, 6) is 2.60. The summed E-state index contributed by atoms with van der Waals surface area (Å²) in [6.45, 7) is 6.81. The lowest BCUT2D eigenvalue weighted by molar-refractivity contribution is 0.272. The van der Waals surface area contributed by atoms with Crippen molar-refractivity contribution in [2.45, 2.75) is 32.2 Å². The number of likely N-dealkylation sites (tertiary alicyclic amines) is 1. The Morgan fingerprint density at radius 2 is 2.26 bits per heavy atom. The number of methoxy groups -OCH3 is 1. The number of pyridine rings is 1. The fraction of sp³-hybridized carbons (Fsp3) is 0.533. The third-order valence-corrected chi connectivity index (χ3v) is 4.08. The van der Waals surface area contributed by atoms with E-state index in [0.29, 0.717) is 12.0 Å². The number of fused-ring (bicyclic) bond motifs is 1. The molecular weight excluding hydrogens is 238 g/mol. The summed E-state index contributed by atoms with van der Waals surface area (Å²) in [6.07, 6.45) is 5.20. The van der Waals surface area contributed by atoms with E-state index in [4.69, 9.17) is 4.74 Å². The predicted molar refractivity (Wildman–Crippen MR) is 75.8 cm³/mol. The third-order valence-electron chi connectivity index (χ3n) is 4.08. The number of aromatic nitrogens is 2. The fourth-order valence-electron chi connectivity index (χ4n) is 2.90. The van der Waals surface area contributed by atoms with Gasteiger partial charge in [0.1, 0.15) is 11.6 Å². The van der Waals surface area contributed by atoms with Gasteiger partial charge in [0.05, 0.1) is 18.8 Å². The average Bonchev–Trinajstić information content (AvgIpc) is 3.03. The molecule has 19 heavy (non-hydrogen) atoms.